The summed E-state index contributed by atoms with van der Waals surface area (Å²) in [5.74, 6) is -0.130. The summed E-state index contributed by atoms with van der Waals surface area (Å²) in [6.07, 6.45) is 7.98. The van der Waals surface area contributed by atoms with E-state index in [1.165, 1.54) is 43.1 Å². The first-order valence-corrected chi connectivity index (χ1v) is 8.78. The fourth-order valence-corrected chi connectivity index (χ4v) is 3.22. The molecule has 0 aliphatic heterocycles. The van der Waals surface area contributed by atoms with E-state index in [-0.39, 0.29) is 18.6 Å². The number of amides is 1. The number of carbonyl (C=O) groups is 2. The Morgan fingerprint density at radius 3 is 2.67 bits per heavy atom. The molecule has 1 aromatic heterocycles. The van der Waals surface area contributed by atoms with Gasteiger partial charge in [0, 0.05) is 29.5 Å². The maximum Gasteiger partial charge on any atom is 0.331 e. The lowest BCUT2D eigenvalue weighted by atomic mass is 10.2. The Hall–Kier alpha value is -2.04. The van der Waals surface area contributed by atoms with Crippen molar-refractivity contribution in [3.8, 4) is 0 Å². The molecule has 24 heavy (non-hydrogen) atoms. The van der Waals surface area contributed by atoms with Crippen LogP contribution in [0.1, 0.15) is 55.6 Å². The molecule has 1 amide bonds. The third-order valence-corrected chi connectivity index (χ3v) is 4.90. The van der Waals surface area contributed by atoms with Crippen LogP contribution in [0.4, 0.5) is 0 Å². The highest BCUT2D eigenvalue weighted by Crippen LogP contribution is 2.38. The molecule has 2 fully saturated rings. The number of ether oxygens (including phenoxy) is 1. The van der Waals surface area contributed by atoms with Gasteiger partial charge in [0.05, 0.1) is 0 Å². The number of hydrogen-bond acceptors (Lipinski definition) is 3. The van der Waals surface area contributed by atoms with Crippen LogP contribution in [0.2, 0.25) is 0 Å². The Morgan fingerprint density at radius 2 is 2.04 bits per heavy atom. The van der Waals surface area contributed by atoms with Gasteiger partial charge in [-0.05, 0) is 70.1 Å². The molecule has 0 saturated heterocycles. The monoisotopic (exact) mass is 330 g/mol. The minimum absolute atomic E-state index is 0.166. The second-order valence-electron chi connectivity index (χ2n) is 7.06. The van der Waals surface area contributed by atoms with Gasteiger partial charge in [-0.2, -0.15) is 0 Å². The van der Waals surface area contributed by atoms with Gasteiger partial charge < -0.3 is 14.6 Å². The van der Waals surface area contributed by atoms with Gasteiger partial charge in [0.1, 0.15) is 0 Å². The smallest absolute Gasteiger partial charge is 0.331 e. The van der Waals surface area contributed by atoms with E-state index >= 15 is 0 Å². The van der Waals surface area contributed by atoms with Crippen LogP contribution in [0, 0.1) is 19.8 Å². The van der Waals surface area contributed by atoms with Crippen LogP contribution < -0.4 is 5.32 Å². The lowest BCUT2D eigenvalue weighted by Gasteiger charge is -2.12. The largest absolute Gasteiger partial charge is 0.452 e. The maximum atomic E-state index is 11.8. The van der Waals surface area contributed by atoms with E-state index in [9.17, 15) is 9.59 Å². The van der Waals surface area contributed by atoms with Crippen molar-refractivity contribution in [2.24, 2.45) is 5.92 Å². The first-order valence-electron chi connectivity index (χ1n) is 8.78. The number of aromatic nitrogens is 1. The molecule has 5 nitrogen and oxygen atoms in total. The zero-order valence-corrected chi connectivity index (χ0v) is 14.7. The van der Waals surface area contributed by atoms with Crippen LogP contribution in [0.5, 0.6) is 0 Å². The summed E-state index contributed by atoms with van der Waals surface area (Å²) < 4.78 is 7.35. The van der Waals surface area contributed by atoms with Gasteiger partial charge >= 0.3 is 5.97 Å². The molecule has 3 rings (SSSR count). The molecule has 2 aliphatic carbocycles. The highest BCUT2D eigenvalue weighted by Gasteiger charge is 2.29. The molecule has 0 radical (unpaired) electrons. The number of hydrogen-bond donors (Lipinski definition) is 1. The Kier molecular flexibility index (Phi) is 4.78. The number of nitrogens with one attached hydrogen (secondary N) is 1. The maximum absolute atomic E-state index is 11.8. The first kappa shape index (κ1) is 16.8. The van der Waals surface area contributed by atoms with E-state index < -0.39 is 5.97 Å². The minimum Gasteiger partial charge on any atom is -0.452 e. The van der Waals surface area contributed by atoms with Crippen LogP contribution in [0.25, 0.3) is 6.08 Å². The quantitative estimate of drug-likeness (QED) is 0.618. The molecule has 0 bridgehead atoms. The van der Waals surface area contributed by atoms with Gasteiger partial charge in [0.2, 0.25) is 0 Å². The Balaban J connectivity index is 1.48. The van der Waals surface area contributed by atoms with Crippen molar-refractivity contribution in [1.29, 1.82) is 0 Å². The lowest BCUT2D eigenvalue weighted by molar-refractivity contribution is -0.144. The minimum atomic E-state index is -0.486. The number of aryl methyl sites for hydroxylation is 1. The highest BCUT2D eigenvalue weighted by atomic mass is 16.5. The van der Waals surface area contributed by atoms with E-state index in [2.05, 4.69) is 29.8 Å². The zero-order valence-electron chi connectivity index (χ0n) is 14.7. The Morgan fingerprint density at radius 1 is 1.33 bits per heavy atom. The molecular weight excluding hydrogens is 304 g/mol. The molecule has 2 aliphatic rings. The average Bonchev–Trinajstić information content (AvgIpc) is 3.42. The summed E-state index contributed by atoms with van der Waals surface area (Å²) in [5, 5.41) is 2.87. The molecule has 130 valence electrons. The number of rotatable bonds is 7. The Bertz CT molecular complexity index is 666. The van der Waals surface area contributed by atoms with E-state index in [1.807, 2.05) is 6.92 Å². The molecule has 0 aromatic carbocycles. The van der Waals surface area contributed by atoms with E-state index in [4.69, 9.17) is 4.74 Å². The summed E-state index contributed by atoms with van der Waals surface area (Å²) in [5.41, 5.74) is 3.43. The molecule has 0 unspecified atom stereocenters. The molecule has 1 heterocycles. The van der Waals surface area contributed by atoms with Gasteiger partial charge in [-0.3, -0.25) is 4.79 Å². The van der Waals surface area contributed by atoms with Crippen molar-refractivity contribution in [1.82, 2.24) is 9.88 Å². The van der Waals surface area contributed by atoms with Gasteiger partial charge in [0.15, 0.2) is 6.61 Å². The molecule has 1 N–H and O–H groups in total. The SMILES string of the molecule is Cc1cc(/C=C/C(=O)OCC(=O)N[C@H](C)C2CC2)c(C)n1C1CC1. The summed E-state index contributed by atoms with van der Waals surface area (Å²) >= 11 is 0. The predicted octanol–water partition coefficient (Wildman–Crippen LogP) is 2.91. The Labute approximate surface area is 143 Å². The van der Waals surface area contributed by atoms with Crippen LogP contribution >= 0.6 is 0 Å². The van der Waals surface area contributed by atoms with Crippen molar-refractivity contribution in [2.45, 2.75) is 58.5 Å². The summed E-state index contributed by atoms with van der Waals surface area (Å²) in [6.45, 7) is 5.93. The van der Waals surface area contributed by atoms with Crippen LogP contribution in [-0.2, 0) is 14.3 Å². The number of nitrogens with zero attached hydrogens (tertiary/aromatic N) is 1. The molecular formula is C19H26N2O3. The van der Waals surface area contributed by atoms with E-state index in [1.54, 1.807) is 6.08 Å². The normalized spacial score (nSPS) is 18.6. The summed E-state index contributed by atoms with van der Waals surface area (Å²) in [7, 11) is 0. The molecule has 5 heteroatoms. The van der Waals surface area contributed by atoms with Crippen LogP contribution in [-0.4, -0.2) is 29.1 Å². The van der Waals surface area contributed by atoms with Gasteiger partial charge in [-0.25, -0.2) is 4.79 Å². The third kappa shape index (κ3) is 4.08. The molecule has 1 aromatic rings. The first-order chi connectivity index (χ1) is 11.5. The van der Waals surface area contributed by atoms with Crippen LogP contribution in [0.15, 0.2) is 12.1 Å². The molecule has 0 spiro atoms. The van der Waals surface area contributed by atoms with Gasteiger partial charge in [0.25, 0.3) is 5.91 Å². The van der Waals surface area contributed by atoms with Crippen molar-refractivity contribution >= 4 is 18.0 Å². The van der Waals surface area contributed by atoms with Gasteiger partial charge in [-0.15, -0.1) is 0 Å². The van der Waals surface area contributed by atoms with Crippen molar-refractivity contribution in [3.63, 3.8) is 0 Å². The standard InChI is InChI=1S/C19H26N2O3/c1-12-10-16(14(3)21(12)17-7-8-17)6-9-19(23)24-11-18(22)20-13(2)15-4-5-15/h6,9-10,13,15,17H,4-5,7-8,11H2,1-3H3,(H,20,22)/b9-6+/t13-/m1/s1. The zero-order chi connectivity index (χ0) is 17.3. The number of carbonyl (C=O) groups excluding carboxylic acids is 2. The average molecular weight is 330 g/mol. The molecule has 1 atom stereocenters. The number of esters is 1. The molecule has 2 saturated carbocycles. The van der Waals surface area contributed by atoms with Crippen LogP contribution in [0.3, 0.4) is 0 Å². The fourth-order valence-electron chi connectivity index (χ4n) is 3.22. The van der Waals surface area contributed by atoms with Gasteiger partial charge in [-0.1, -0.05) is 0 Å². The summed E-state index contributed by atoms with van der Waals surface area (Å²) in [6, 6.07) is 2.87. The third-order valence-electron chi connectivity index (χ3n) is 4.90. The second kappa shape index (κ2) is 6.83. The van der Waals surface area contributed by atoms with Crippen molar-refractivity contribution in [3.05, 3.63) is 29.1 Å². The van der Waals surface area contributed by atoms with E-state index in [0.29, 0.717) is 12.0 Å². The van der Waals surface area contributed by atoms with Crippen molar-refractivity contribution in [2.75, 3.05) is 6.61 Å². The topological polar surface area (TPSA) is 60.3 Å². The highest BCUT2D eigenvalue weighted by molar-refractivity contribution is 5.89. The lowest BCUT2D eigenvalue weighted by Crippen LogP contribution is -2.36. The second-order valence-corrected chi connectivity index (χ2v) is 7.06. The summed E-state index contributed by atoms with van der Waals surface area (Å²) in [4.78, 5) is 23.5. The predicted molar refractivity (Wildman–Crippen MR) is 92.5 cm³/mol. The fraction of sp³-hybridized carbons (Fsp3) is 0.579. The van der Waals surface area contributed by atoms with E-state index in [0.717, 1.165) is 5.56 Å². The van der Waals surface area contributed by atoms with Crippen molar-refractivity contribution < 1.29 is 14.3 Å².